The number of nitrogens with zero attached hydrogens (tertiary/aromatic N) is 4. The van der Waals surface area contributed by atoms with Crippen LogP contribution in [0.4, 0.5) is 4.79 Å². The van der Waals surface area contributed by atoms with Crippen molar-refractivity contribution < 1.29 is 13.2 Å². The number of aromatic nitrogens is 2. The molecule has 1 saturated heterocycles. The van der Waals surface area contributed by atoms with E-state index in [4.69, 9.17) is 0 Å². The number of rotatable bonds is 3. The van der Waals surface area contributed by atoms with Crippen LogP contribution in [0.1, 0.15) is 32.2 Å². The fourth-order valence-corrected chi connectivity index (χ4v) is 4.66. The third kappa shape index (κ3) is 4.33. The molecule has 0 radical (unpaired) electrons. The highest BCUT2D eigenvalue weighted by Crippen LogP contribution is 2.24. The number of carbonyl (C=O) groups is 1. The molecule has 0 unspecified atom stereocenters. The van der Waals surface area contributed by atoms with Crippen molar-refractivity contribution in [2.75, 3.05) is 32.7 Å². The first-order valence-corrected chi connectivity index (χ1v) is 9.90. The molecule has 0 spiro atoms. The summed E-state index contributed by atoms with van der Waals surface area (Å²) in [4.78, 5) is 14.2. The molecule has 25 heavy (non-hydrogen) atoms. The number of sulfonamides is 1. The van der Waals surface area contributed by atoms with Gasteiger partial charge in [0.25, 0.3) is 0 Å². The Labute approximate surface area is 150 Å². The first-order valence-electron chi connectivity index (χ1n) is 8.46. The van der Waals surface area contributed by atoms with Crippen molar-refractivity contribution in [1.29, 1.82) is 0 Å². The Morgan fingerprint density at radius 3 is 2.16 bits per heavy atom. The van der Waals surface area contributed by atoms with Gasteiger partial charge in [0.1, 0.15) is 4.90 Å². The number of hydrogen-bond acceptors (Lipinski definition) is 4. The summed E-state index contributed by atoms with van der Waals surface area (Å²) < 4.78 is 28.9. The predicted molar refractivity (Wildman–Crippen MR) is 95.9 cm³/mol. The highest BCUT2D eigenvalue weighted by molar-refractivity contribution is 7.89. The zero-order chi connectivity index (χ0) is 19.0. The lowest BCUT2D eigenvalue weighted by atomic mass is 9.97. The number of nitrogens with one attached hydrogen (secondary N) is 1. The predicted octanol–water partition coefficient (Wildman–Crippen LogP) is 1.10. The molecule has 1 aliphatic rings. The lowest BCUT2D eigenvalue weighted by Crippen LogP contribution is -2.53. The Balaban J connectivity index is 2.03. The van der Waals surface area contributed by atoms with E-state index in [1.165, 1.54) is 4.31 Å². The van der Waals surface area contributed by atoms with Crippen molar-refractivity contribution in [1.82, 2.24) is 24.3 Å². The maximum absolute atomic E-state index is 12.9. The number of amides is 2. The molecule has 8 nitrogen and oxygen atoms in total. The van der Waals surface area contributed by atoms with Crippen molar-refractivity contribution in [3.05, 3.63) is 11.4 Å². The van der Waals surface area contributed by atoms with Gasteiger partial charge in [-0.1, -0.05) is 20.8 Å². The standard InChI is InChI=1S/C16H29N5O3S/c1-12-14(13(2)19(6)18-12)25(23,24)21-9-7-20(8-10-21)15(22)17-11-16(3,4)5/h7-11H2,1-6H3,(H,17,22). The normalized spacial score (nSPS) is 17.0. The number of piperazine rings is 1. The van der Waals surface area contributed by atoms with E-state index in [1.807, 2.05) is 0 Å². The molecule has 142 valence electrons. The highest BCUT2D eigenvalue weighted by atomic mass is 32.2. The van der Waals surface area contributed by atoms with Crippen molar-refractivity contribution >= 4 is 16.1 Å². The summed E-state index contributed by atoms with van der Waals surface area (Å²) in [6, 6.07) is -0.138. The maximum Gasteiger partial charge on any atom is 0.317 e. The van der Waals surface area contributed by atoms with Crippen molar-refractivity contribution in [2.45, 2.75) is 39.5 Å². The van der Waals surface area contributed by atoms with Gasteiger partial charge < -0.3 is 10.2 Å². The van der Waals surface area contributed by atoms with Crippen LogP contribution in [0.3, 0.4) is 0 Å². The average Bonchev–Trinajstić information content (AvgIpc) is 2.77. The quantitative estimate of drug-likeness (QED) is 0.862. The zero-order valence-corrected chi connectivity index (χ0v) is 16.8. The molecule has 0 atom stereocenters. The van der Waals surface area contributed by atoms with Gasteiger partial charge in [-0.3, -0.25) is 4.68 Å². The van der Waals surface area contributed by atoms with Crippen LogP contribution < -0.4 is 5.32 Å². The van der Waals surface area contributed by atoms with Crippen LogP contribution in [-0.4, -0.2) is 66.2 Å². The lowest BCUT2D eigenvalue weighted by Gasteiger charge is -2.34. The molecule has 1 aromatic rings. The molecule has 0 aromatic carbocycles. The van der Waals surface area contributed by atoms with Crippen LogP contribution in [0, 0.1) is 19.3 Å². The van der Waals surface area contributed by atoms with Gasteiger partial charge in [-0.25, -0.2) is 13.2 Å². The minimum Gasteiger partial charge on any atom is -0.337 e. The second kappa shape index (κ2) is 6.95. The van der Waals surface area contributed by atoms with Crippen LogP contribution in [0.25, 0.3) is 0 Å². The van der Waals surface area contributed by atoms with Gasteiger partial charge in [-0.15, -0.1) is 0 Å². The minimum atomic E-state index is -3.60. The summed E-state index contributed by atoms with van der Waals surface area (Å²) in [6.45, 7) is 11.5. The number of carbonyl (C=O) groups excluding carboxylic acids is 1. The Kier molecular flexibility index (Phi) is 5.48. The fourth-order valence-electron chi connectivity index (χ4n) is 2.84. The topological polar surface area (TPSA) is 87.5 Å². The summed E-state index contributed by atoms with van der Waals surface area (Å²) in [7, 11) is -1.86. The summed E-state index contributed by atoms with van der Waals surface area (Å²) in [5.41, 5.74) is 1.14. The van der Waals surface area contributed by atoms with Gasteiger partial charge in [0.05, 0.1) is 11.4 Å². The Morgan fingerprint density at radius 2 is 1.72 bits per heavy atom. The molecule has 0 bridgehead atoms. The van der Waals surface area contributed by atoms with E-state index in [-0.39, 0.29) is 16.3 Å². The second-order valence-electron chi connectivity index (χ2n) is 7.73. The van der Waals surface area contributed by atoms with Gasteiger partial charge >= 0.3 is 6.03 Å². The average molecular weight is 372 g/mol. The molecule has 2 rings (SSSR count). The van der Waals surface area contributed by atoms with Gasteiger partial charge in [0.15, 0.2) is 0 Å². The molecular formula is C16H29N5O3S. The molecule has 9 heteroatoms. The van der Waals surface area contributed by atoms with E-state index in [2.05, 4.69) is 31.2 Å². The van der Waals surface area contributed by atoms with E-state index in [0.717, 1.165) is 0 Å². The van der Waals surface area contributed by atoms with E-state index in [0.29, 0.717) is 44.1 Å². The molecule has 1 N–H and O–H groups in total. The Bertz CT molecular complexity index is 741. The molecule has 2 amide bonds. The molecule has 1 fully saturated rings. The molecule has 1 aromatic heterocycles. The second-order valence-corrected chi connectivity index (χ2v) is 9.61. The Hall–Kier alpha value is -1.61. The van der Waals surface area contributed by atoms with Gasteiger partial charge in [0.2, 0.25) is 10.0 Å². The van der Waals surface area contributed by atoms with Crippen molar-refractivity contribution in [3.63, 3.8) is 0 Å². The van der Waals surface area contributed by atoms with E-state index in [9.17, 15) is 13.2 Å². The lowest BCUT2D eigenvalue weighted by molar-refractivity contribution is 0.168. The zero-order valence-electron chi connectivity index (χ0n) is 16.0. The molecule has 0 aliphatic carbocycles. The fraction of sp³-hybridized carbons (Fsp3) is 0.750. The van der Waals surface area contributed by atoms with Crippen LogP contribution in [-0.2, 0) is 17.1 Å². The van der Waals surface area contributed by atoms with Gasteiger partial charge in [-0.2, -0.15) is 9.40 Å². The van der Waals surface area contributed by atoms with Crippen LogP contribution in [0.5, 0.6) is 0 Å². The molecule has 2 heterocycles. The largest absolute Gasteiger partial charge is 0.337 e. The van der Waals surface area contributed by atoms with Crippen molar-refractivity contribution in [2.24, 2.45) is 12.5 Å². The number of hydrogen-bond donors (Lipinski definition) is 1. The smallest absolute Gasteiger partial charge is 0.317 e. The molecule has 1 aliphatic heterocycles. The number of urea groups is 1. The van der Waals surface area contributed by atoms with E-state index >= 15 is 0 Å². The Morgan fingerprint density at radius 1 is 1.16 bits per heavy atom. The van der Waals surface area contributed by atoms with Crippen LogP contribution in [0.2, 0.25) is 0 Å². The van der Waals surface area contributed by atoms with E-state index in [1.54, 1.807) is 30.5 Å². The SMILES string of the molecule is Cc1nn(C)c(C)c1S(=O)(=O)N1CCN(C(=O)NCC(C)(C)C)CC1. The van der Waals surface area contributed by atoms with Gasteiger partial charge in [-0.05, 0) is 19.3 Å². The first-order chi connectivity index (χ1) is 11.4. The van der Waals surface area contributed by atoms with Crippen molar-refractivity contribution in [3.8, 4) is 0 Å². The summed E-state index contributed by atoms with van der Waals surface area (Å²) in [6.07, 6.45) is 0. The highest BCUT2D eigenvalue weighted by Gasteiger charge is 2.34. The molecular weight excluding hydrogens is 342 g/mol. The first kappa shape index (κ1) is 19.7. The maximum atomic E-state index is 12.9. The molecule has 0 saturated carbocycles. The van der Waals surface area contributed by atoms with Crippen LogP contribution in [0.15, 0.2) is 4.90 Å². The number of aryl methyl sites for hydroxylation is 2. The summed E-state index contributed by atoms with van der Waals surface area (Å²) in [5.74, 6) is 0. The van der Waals surface area contributed by atoms with Crippen LogP contribution >= 0.6 is 0 Å². The van der Waals surface area contributed by atoms with E-state index < -0.39 is 10.0 Å². The monoisotopic (exact) mass is 371 g/mol. The summed E-state index contributed by atoms with van der Waals surface area (Å²) in [5, 5.41) is 7.10. The third-order valence-electron chi connectivity index (χ3n) is 4.34. The van der Waals surface area contributed by atoms with Gasteiger partial charge in [0, 0.05) is 39.8 Å². The third-order valence-corrected chi connectivity index (χ3v) is 6.49. The minimum absolute atomic E-state index is 0.0101. The summed E-state index contributed by atoms with van der Waals surface area (Å²) >= 11 is 0.